The summed E-state index contributed by atoms with van der Waals surface area (Å²) in [6.45, 7) is 8.61. The second-order valence-corrected chi connectivity index (χ2v) is 22.3. The van der Waals surface area contributed by atoms with Crippen LogP contribution in [0.2, 0.25) is 0 Å². The highest BCUT2D eigenvalue weighted by molar-refractivity contribution is 5.92. The molecule has 0 bridgehead atoms. The summed E-state index contributed by atoms with van der Waals surface area (Å²) in [6, 6.07) is 3.48. The minimum Gasteiger partial charge on any atom is -0.504 e. The van der Waals surface area contributed by atoms with Crippen molar-refractivity contribution in [2.75, 3.05) is 19.8 Å². The van der Waals surface area contributed by atoms with Crippen LogP contribution < -0.4 is 0 Å². The monoisotopic (exact) mass is 970 g/mol. The number of ether oxygens (including phenoxy) is 4. The number of carbonyl (C=O) groups excluding carboxylic acids is 3. The minimum atomic E-state index is -1.77. The van der Waals surface area contributed by atoms with Crippen LogP contribution in [0.3, 0.4) is 0 Å². The van der Waals surface area contributed by atoms with E-state index in [1.54, 1.807) is 0 Å². The summed E-state index contributed by atoms with van der Waals surface area (Å²) in [5.41, 5.74) is -4.59. The van der Waals surface area contributed by atoms with Gasteiger partial charge in [-0.3, -0.25) is 4.79 Å². The lowest BCUT2D eigenvalue weighted by Crippen LogP contribution is -2.70. The second-order valence-electron chi connectivity index (χ2n) is 22.3. The predicted molar refractivity (Wildman–Crippen MR) is 238 cm³/mol. The highest BCUT2D eigenvalue weighted by atomic mass is 16.7. The molecule has 19 nitrogen and oxygen atoms in total. The van der Waals surface area contributed by atoms with Crippen LogP contribution in [0.5, 0.6) is 34.5 Å². The maximum Gasteiger partial charge on any atom is 0.338 e. The van der Waals surface area contributed by atoms with Gasteiger partial charge in [0.25, 0.3) is 0 Å². The van der Waals surface area contributed by atoms with Gasteiger partial charge in [-0.05, 0) is 121 Å². The van der Waals surface area contributed by atoms with E-state index < -0.39 is 154 Å². The van der Waals surface area contributed by atoms with Gasteiger partial charge in [0.2, 0.25) is 6.29 Å². The summed E-state index contributed by atoms with van der Waals surface area (Å²) in [6.07, 6.45) is -4.86. The number of phenols is 6. The van der Waals surface area contributed by atoms with Crippen LogP contribution in [0.15, 0.2) is 35.9 Å². The fourth-order valence-electron chi connectivity index (χ4n) is 14.3. The Balaban J connectivity index is 1.16. The summed E-state index contributed by atoms with van der Waals surface area (Å²) < 4.78 is 23.5. The number of rotatable bonds is 9. The highest BCUT2D eigenvalue weighted by Gasteiger charge is 2.72. The molecule has 5 fully saturated rings. The maximum atomic E-state index is 14.7. The number of aromatic hydroxyl groups is 6. The van der Waals surface area contributed by atoms with E-state index in [9.17, 15) is 75.7 Å². The van der Waals surface area contributed by atoms with Crippen molar-refractivity contribution < 1.29 is 94.6 Å². The third-order valence-electron chi connectivity index (χ3n) is 18.3. The lowest BCUT2D eigenvalue weighted by molar-refractivity contribution is -0.297. The van der Waals surface area contributed by atoms with E-state index >= 15 is 0 Å². The largest absolute Gasteiger partial charge is 0.504 e. The number of hydrogen-bond acceptors (Lipinski definition) is 19. The Kier molecular flexibility index (Phi) is 12.8. The van der Waals surface area contributed by atoms with Gasteiger partial charge in [-0.1, -0.05) is 46.3 Å². The first-order valence-electron chi connectivity index (χ1n) is 23.6. The van der Waals surface area contributed by atoms with Crippen LogP contribution >= 0.6 is 0 Å². The quantitative estimate of drug-likeness (QED) is 0.0742. The van der Waals surface area contributed by atoms with Crippen LogP contribution in [-0.4, -0.2) is 142 Å². The Morgan fingerprint density at radius 3 is 1.86 bits per heavy atom. The first kappa shape index (κ1) is 50.5. The third-order valence-corrected chi connectivity index (χ3v) is 18.3. The predicted octanol–water partition coefficient (Wildman–Crippen LogP) is 3.37. The zero-order chi connectivity index (χ0) is 50.6. The first-order chi connectivity index (χ1) is 32.2. The Bertz CT molecular complexity index is 2350. The highest BCUT2D eigenvalue weighted by Crippen LogP contribution is 2.76. The summed E-state index contributed by atoms with van der Waals surface area (Å²) in [4.78, 5) is 42.3. The molecule has 5 aliphatic carbocycles. The molecular weight excluding hydrogens is 905 g/mol. The number of fused-ring (bicyclic) bond motifs is 7. The number of allylic oxidation sites excluding steroid dienone is 2. The average molecular weight is 971 g/mol. The Morgan fingerprint density at radius 1 is 0.696 bits per heavy atom. The molecule has 69 heavy (non-hydrogen) atoms. The van der Waals surface area contributed by atoms with Crippen LogP contribution in [0.25, 0.3) is 0 Å². The number of phenolic OH excluding ortho intramolecular Hbond substituents is 6. The van der Waals surface area contributed by atoms with E-state index in [1.807, 2.05) is 6.92 Å². The van der Waals surface area contributed by atoms with Crippen molar-refractivity contribution >= 4 is 17.9 Å². The molecule has 0 spiro atoms. The Morgan fingerprint density at radius 2 is 1.28 bits per heavy atom. The van der Waals surface area contributed by atoms with E-state index in [0.717, 1.165) is 29.8 Å². The van der Waals surface area contributed by atoms with Crippen molar-refractivity contribution in [3.8, 4) is 34.5 Å². The number of esters is 3. The molecule has 12 N–H and O–H groups in total. The van der Waals surface area contributed by atoms with Crippen molar-refractivity contribution in [3.05, 3.63) is 47.0 Å². The lowest BCUT2D eigenvalue weighted by atomic mass is 9.33. The van der Waals surface area contributed by atoms with E-state index in [0.29, 0.717) is 51.4 Å². The summed E-state index contributed by atoms with van der Waals surface area (Å²) in [5.74, 6) is -9.03. The van der Waals surface area contributed by atoms with Crippen LogP contribution in [0.4, 0.5) is 0 Å². The van der Waals surface area contributed by atoms with Gasteiger partial charge in [0, 0.05) is 0 Å². The molecule has 6 aliphatic rings. The summed E-state index contributed by atoms with van der Waals surface area (Å²) in [5, 5.41) is 126. The molecule has 0 unspecified atom stereocenters. The molecule has 2 aromatic rings. The van der Waals surface area contributed by atoms with Crippen LogP contribution in [0, 0.1) is 50.2 Å². The molecule has 19 heteroatoms. The van der Waals surface area contributed by atoms with Gasteiger partial charge in [-0.15, -0.1) is 0 Å². The molecule has 0 radical (unpaired) electrons. The zero-order valence-corrected chi connectivity index (χ0v) is 39.4. The van der Waals surface area contributed by atoms with Crippen molar-refractivity contribution in [3.63, 3.8) is 0 Å². The fourth-order valence-corrected chi connectivity index (χ4v) is 14.3. The lowest BCUT2D eigenvalue weighted by Gasteiger charge is -2.71. The molecule has 8 rings (SSSR count). The molecular formula is C50H66O19. The number of aliphatic hydroxyl groups excluding tert-OH is 6. The van der Waals surface area contributed by atoms with Crippen molar-refractivity contribution in [2.45, 2.75) is 135 Å². The second kappa shape index (κ2) is 17.5. The fraction of sp³-hybridized carbons (Fsp3) is 0.660. The van der Waals surface area contributed by atoms with E-state index in [4.69, 9.17) is 18.9 Å². The van der Waals surface area contributed by atoms with Gasteiger partial charge in [0.05, 0.1) is 41.3 Å². The molecule has 0 aromatic heterocycles. The minimum absolute atomic E-state index is 0.0441. The number of benzene rings is 2. The smallest absolute Gasteiger partial charge is 0.338 e. The van der Waals surface area contributed by atoms with Crippen LogP contribution in [-0.2, 0) is 23.7 Å². The molecule has 1 saturated heterocycles. The number of hydrogen-bond donors (Lipinski definition) is 12. The molecule has 15 atom stereocenters. The SMILES string of the molecule is CC1(C)CC[C@]2(C(=O)O[C@@H]3O[C@H](CO)[C@@H](O)[C@H](O)[C@H]3O)CC[C@]3(C)C(=CC[C@@H]4[C@@]5(C)C[C@@H](O)[C@H](OC(=O)c6cc(O)c(O)c(O)c6)[C@](CO)(COC(=O)c6cc(O)c(O)c(O)c6)[C@@H]5CC[C@]43C)[C@@H]2C1. The maximum absolute atomic E-state index is 14.7. The molecule has 0 amide bonds. The first-order valence-corrected chi connectivity index (χ1v) is 23.6. The van der Waals surface area contributed by atoms with Gasteiger partial charge in [-0.2, -0.15) is 0 Å². The van der Waals surface area contributed by atoms with Gasteiger partial charge in [0.1, 0.15) is 37.1 Å². The average Bonchev–Trinajstić information content (AvgIpc) is 3.29. The molecule has 380 valence electrons. The van der Waals surface area contributed by atoms with Crippen LogP contribution in [0.1, 0.15) is 113 Å². The molecule has 4 saturated carbocycles. The van der Waals surface area contributed by atoms with Gasteiger partial charge in [-0.25, -0.2) is 9.59 Å². The van der Waals surface area contributed by atoms with Crippen molar-refractivity contribution in [1.82, 2.24) is 0 Å². The topological polar surface area (TPSA) is 331 Å². The normalized spacial score (nSPS) is 40.1. The van der Waals surface area contributed by atoms with E-state index in [-0.39, 0.29) is 29.2 Å². The zero-order valence-electron chi connectivity index (χ0n) is 39.4. The van der Waals surface area contributed by atoms with E-state index in [2.05, 4.69) is 33.8 Å². The molecule has 1 heterocycles. The summed E-state index contributed by atoms with van der Waals surface area (Å²) in [7, 11) is 0. The number of aliphatic hydroxyl groups is 6. The van der Waals surface area contributed by atoms with Crippen molar-refractivity contribution in [1.29, 1.82) is 0 Å². The van der Waals surface area contributed by atoms with Gasteiger partial charge < -0.3 is 80.2 Å². The van der Waals surface area contributed by atoms with E-state index in [1.165, 1.54) is 0 Å². The Labute approximate surface area is 398 Å². The molecule has 1 aliphatic heterocycles. The third kappa shape index (κ3) is 7.77. The Hall–Kier alpha value is -4.89. The standard InChI is InChI=1S/C50H66O19/c1-45(2)10-12-49(44(65)69-43-39(62)38(61)37(60)32(20-51)67-43)13-11-47(4)25(26(49)18-45)6-7-33-46(3)19-31(57)40(68-42(64)24-16-29(55)36(59)30(56)17-24)50(21-52,34(46)8-9-48(33,47)5)22-66-41(63)23-14-27(53)35(58)28(54)15-23/h6,14-17,26,31-34,37-40,43,51-62H,7-13,18-22H2,1-5H3/t26-,31+,32+,33+,34+,37+,38-,39+,40-,43-,46+,47+,48+,49-,50+/m0/s1. The van der Waals surface area contributed by atoms with Gasteiger partial charge in [0.15, 0.2) is 34.5 Å². The molecule has 2 aromatic carbocycles. The van der Waals surface area contributed by atoms with Crippen molar-refractivity contribution in [2.24, 2.45) is 50.2 Å². The summed E-state index contributed by atoms with van der Waals surface area (Å²) >= 11 is 0. The number of carbonyl (C=O) groups is 3. The van der Waals surface area contributed by atoms with Gasteiger partial charge >= 0.3 is 17.9 Å².